The minimum absolute atomic E-state index is 0. The molecule has 0 bridgehead atoms. The molecule has 0 amide bonds. The van der Waals surface area contributed by atoms with E-state index in [1.165, 1.54) is 17.0 Å². The van der Waals surface area contributed by atoms with Crippen molar-refractivity contribution in [2.24, 2.45) is 7.05 Å². The summed E-state index contributed by atoms with van der Waals surface area (Å²) >= 11 is 5.98. The zero-order valence-corrected chi connectivity index (χ0v) is 32.0. The number of benzene rings is 2. The van der Waals surface area contributed by atoms with E-state index >= 15 is 0 Å². The van der Waals surface area contributed by atoms with Crippen molar-refractivity contribution in [3.8, 4) is 0 Å². The van der Waals surface area contributed by atoms with E-state index in [0.29, 0.717) is 22.8 Å². The molecule has 1 aliphatic heterocycles. The van der Waals surface area contributed by atoms with E-state index in [0.717, 1.165) is 24.3 Å². The van der Waals surface area contributed by atoms with Crippen molar-refractivity contribution in [3.05, 3.63) is 70.3 Å². The van der Waals surface area contributed by atoms with Crippen LogP contribution in [0.2, 0.25) is 5.02 Å². The van der Waals surface area contributed by atoms with Gasteiger partial charge < -0.3 is 18.9 Å². The van der Waals surface area contributed by atoms with Gasteiger partial charge in [0.15, 0.2) is 11.0 Å². The van der Waals surface area contributed by atoms with Crippen molar-refractivity contribution in [1.82, 2.24) is 4.57 Å². The van der Waals surface area contributed by atoms with Crippen molar-refractivity contribution >= 4 is 60.3 Å². The van der Waals surface area contributed by atoms with Crippen LogP contribution in [0.3, 0.4) is 0 Å². The third-order valence-electron chi connectivity index (χ3n) is 7.76. The molecule has 264 valence electrons. The van der Waals surface area contributed by atoms with Gasteiger partial charge in [-0.05, 0) is 56.0 Å². The van der Waals surface area contributed by atoms with Gasteiger partial charge >= 0.3 is 63.7 Å². The molecule has 0 atom stereocenters. The van der Waals surface area contributed by atoms with Crippen LogP contribution in [0, 0.1) is 0 Å². The van der Waals surface area contributed by atoms with Crippen LogP contribution in [0.1, 0.15) is 42.6 Å². The summed E-state index contributed by atoms with van der Waals surface area (Å²) in [5.41, 5.74) is -0.930. The Bertz CT molecular complexity index is 1980. The molecule has 0 fully saturated rings. The third-order valence-corrected chi connectivity index (χ3v) is 9.65. The van der Waals surface area contributed by atoms with Crippen molar-refractivity contribution in [3.63, 3.8) is 0 Å². The Morgan fingerprint density at radius 3 is 2.00 bits per heavy atom. The number of imidazole rings is 1. The van der Waals surface area contributed by atoms with Gasteiger partial charge in [0, 0.05) is 37.2 Å². The molecular weight excluding hydrogens is 753 g/mol. The fraction of sp³-hybridized carbons (Fsp3) is 0.414. The van der Waals surface area contributed by atoms with Crippen molar-refractivity contribution < 1.29 is 108 Å². The van der Waals surface area contributed by atoms with Gasteiger partial charge in [0.25, 0.3) is 5.82 Å². The number of alkyl halides is 6. The summed E-state index contributed by atoms with van der Waals surface area (Å²) in [5, 5.41) is -0.540. The van der Waals surface area contributed by atoms with E-state index in [-0.39, 0.29) is 101 Å². The topological polar surface area (TPSA) is 130 Å². The molecule has 0 radical (unpaired) electrons. The molecule has 0 N–H and O–H groups in total. The summed E-state index contributed by atoms with van der Waals surface area (Å²) < 4.78 is 152. The van der Waals surface area contributed by atoms with Crippen LogP contribution in [-0.2, 0) is 46.2 Å². The number of rotatable bonds is 12. The molecule has 0 unspecified atom stereocenters. The van der Waals surface area contributed by atoms with E-state index in [2.05, 4.69) is 0 Å². The fourth-order valence-corrected chi connectivity index (χ4v) is 6.88. The average molecular weight is 783 g/mol. The van der Waals surface area contributed by atoms with Gasteiger partial charge in [0.2, 0.25) is 0 Å². The molecule has 49 heavy (non-hydrogen) atoms. The molecular formula is C29H30ClF6KN4O6S2. The van der Waals surface area contributed by atoms with Gasteiger partial charge in [0.1, 0.15) is 5.82 Å². The minimum atomic E-state index is -4.77. The van der Waals surface area contributed by atoms with Gasteiger partial charge in [-0.3, -0.25) is 0 Å². The maximum Gasteiger partial charge on any atom is 1.00 e. The number of unbranched alkanes of at least 4 members (excludes halogenated alkanes) is 2. The predicted molar refractivity (Wildman–Crippen MR) is 165 cm³/mol. The standard InChI is InChI=1S/C29H31ClF6N4O6S2.K/c1-37-22-11-10-19(28(31,32)33)16-24(22)39(12-3-5-14-47(41,42)43)26(37)8-7-9-27-38(2)23-18-21(30)20(29(34,35)36)17-25(23)40(27)13-4-6-15-48(44,45)46;/h7-11,16-18H,3-6,12-15H2,1-2H3,(H-,41,42,43,44,45,46);/q;+1/p-1. The van der Waals surface area contributed by atoms with Crippen LogP contribution in [-0.4, -0.2) is 55.6 Å². The monoisotopic (exact) mass is 782 g/mol. The first kappa shape index (κ1) is 41.7. The van der Waals surface area contributed by atoms with E-state index in [4.69, 9.17) is 11.6 Å². The Morgan fingerprint density at radius 2 is 1.45 bits per heavy atom. The first-order chi connectivity index (χ1) is 22.1. The second kappa shape index (κ2) is 15.9. The summed E-state index contributed by atoms with van der Waals surface area (Å²) in [5.74, 6) is -0.562. The largest absolute Gasteiger partial charge is 1.00 e. The second-order valence-corrected chi connectivity index (χ2v) is 14.6. The smallest absolute Gasteiger partial charge is 0.748 e. The number of allylic oxidation sites excluding steroid dienone is 2. The summed E-state index contributed by atoms with van der Waals surface area (Å²) in [6, 6.07) is 5.20. The Labute approximate surface area is 326 Å². The van der Waals surface area contributed by atoms with Crippen LogP contribution < -0.4 is 65.8 Å². The number of halogens is 7. The van der Waals surface area contributed by atoms with Crippen LogP contribution in [0.4, 0.5) is 37.7 Å². The number of hydrogen-bond acceptors (Lipinski definition) is 8. The molecule has 0 aliphatic carbocycles. The first-order valence-corrected chi connectivity index (χ1v) is 17.9. The fourth-order valence-electron chi connectivity index (χ4n) is 5.50. The van der Waals surface area contributed by atoms with Crippen LogP contribution in [0.5, 0.6) is 0 Å². The van der Waals surface area contributed by atoms with Crippen molar-refractivity contribution in [2.75, 3.05) is 34.9 Å². The molecule has 3 aromatic rings. The molecule has 1 aliphatic rings. The second-order valence-electron chi connectivity index (χ2n) is 11.1. The third kappa shape index (κ3) is 10.4. The van der Waals surface area contributed by atoms with Crippen LogP contribution in [0.15, 0.2) is 48.3 Å². The zero-order valence-electron chi connectivity index (χ0n) is 26.5. The van der Waals surface area contributed by atoms with Gasteiger partial charge in [0.05, 0.1) is 61.4 Å². The Kier molecular flexibility index (Phi) is 13.6. The van der Waals surface area contributed by atoms with Gasteiger partial charge in [-0.15, -0.1) is 0 Å². The summed E-state index contributed by atoms with van der Waals surface area (Å²) in [6.45, 7) is 0.0889. The quantitative estimate of drug-likeness (QED) is 0.0903. The molecule has 10 nitrogen and oxygen atoms in total. The van der Waals surface area contributed by atoms with E-state index in [1.54, 1.807) is 40.3 Å². The number of aryl methyl sites for hydroxylation is 2. The van der Waals surface area contributed by atoms with E-state index in [1.807, 2.05) is 0 Å². The summed E-state index contributed by atoms with van der Waals surface area (Å²) in [4.78, 5) is 3.07. The van der Waals surface area contributed by atoms with Gasteiger partial charge in [-0.25, -0.2) is 26.0 Å². The van der Waals surface area contributed by atoms with E-state index < -0.39 is 60.2 Å². The molecule has 4 rings (SSSR count). The minimum Gasteiger partial charge on any atom is -0.748 e. The van der Waals surface area contributed by atoms with E-state index in [9.17, 15) is 52.3 Å². The Hall–Kier alpha value is -1.68. The zero-order chi connectivity index (χ0) is 35.8. The number of hydrogen-bond donors (Lipinski definition) is 0. The molecule has 20 heteroatoms. The Morgan fingerprint density at radius 1 is 0.857 bits per heavy atom. The molecule has 0 saturated heterocycles. The molecule has 2 aromatic carbocycles. The summed E-state index contributed by atoms with van der Waals surface area (Å²) in [7, 11) is -5.83. The SMILES string of the molecule is CN1/C(=C\C=C\c2n(CCCCS(=O)(=O)[O-])c3cc(C(F)(F)F)ccc3[n+]2C)N(CCCCS(=O)(=O)[O-])c2cc(C(F)(F)F)c(Cl)cc21.[K+]. The van der Waals surface area contributed by atoms with Crippen molar-refractivity contribution in [1.29, 1.82) is 0 Å². The molecule has 0 saturated carbocycles. The Balaban J connectivity index is 0.00000650. The van der Waals surface area contributed by atoms with Crippen LogP contribution >= 0.6 is 11.6 Å². The molecule has 0 spiro atoms. The number of anilines is 2. The number of aromatic nitrogens is 2. The van der Waals surface area contributed by atoms with Crippen LogP contribution in [0.25, 0.3) is 17.1 Å². The first-order valence-electron chi connectivity index (χ1n) is 14.4. The number of nitrogens with zero attached hydrogens (tertiary/aromatic N) is 4. The molecule has 2 heterocycles. The number of fused-ring (bicyclic) bond motifs is 2. The van der Waals surface area contributed by atoms with Gasteiger partial charge in [-0.2, -0.15) is 26.3 Å². The predicted octanol–water partition coefficient (Wildman–Crippen LogP) is 2.62. The van der Waals surface area contributed by atoms with Crippen molar-refractivity contribution in [2.45, 2.75) is 44.6 Å². The van der Waals surface area contributed by atoms with Gasteiger partial charge in [-0.1, -0.05) is 17.7 Å². The summed E-state index contributed by atoms with van der Waals surface area (Å²) in [6.07, 6.45) is -4.60. The normalized spacial score (nSPS) is 15.1. The maximum absolute atomic E-state index is 13.7. The average Bonchev–Trinajstić information content (AvgIpc) is 3.35. The molecule has 1 aromatic heterocycles. The maximum atomic E-state index is 13.7.